The SMILES string of the molecule is CC(=O)OCC(=O)Oc1c(C)cc(C)cc1C. The molecule has 92 valence electrons. The van der Waals surface area contributed by atoms with E-state index >= 15 is 0 Å². The number of benzene rings is 1. The van der Waals surface area contributed by atoms with Gasteiger partial charge in [0.15, 0.2) is 6.61 Å². The van der Waals surface area contributed by atoms with Crippen molar-refractivity contribution in [2.45, 2.75) is 27.7 Å². The van der Waals surface area contributed by atoms with Crippen molar-refractivity contribution >= 4 is 11.9 Å². The molecule has 0 aliphatic heterocycles. The number of esters is 2. The Kier molecular flexibility index (Phi) is 4.26. The van der Waals surface area contributed by atoms with E-state index in [0.717, 1.165) is 16.7 Å². The van der Waals surface area contributed by atoms with Crippen LogP contribution in [-0.2, 0) is 14.3 Å². The van der Waals surface area contributed by atoms with Crippen molar-refractivity contribution < 1.29 is 19.1 Å². The summed E-state index contributed by atoms with van der Waals surface area (Å²) < 4.78 is 9.73. The van der Waals surface area contributed by atoms with Crippen molar-refractivity contribution in [2.24, 2.45) is 0 Å². The van der Waals surface area contributed by atoms with E-state index < -0.39 is 11.9 Å². The Morgan fingerprint density at radius 1 is 1.12 bits per heavy atom. The summed E-state index contributed by atoms with van der Waals surface area (Å²) >= 11 is 0. The van der Waals surface area contributed by atoms with Gasteiger partial charge in [-0.2, -0.15) is 0 Å². The second-order valence-corrected chi connectivity index (χ2v) is 3.98. The van der Waals surface area contributed by atoms with Gasteiger partial charge < -0.3 is 9.47 Å². The molecule has 0 aromatic heterocycles. The van der Waals surface area contributed by atoms with Gasteiger partial charge >= 0.3 is 11.9 Å². The lowest BCUT2D eigenvalue weighted by atomic mass is 10.1. The largest absolute Gasteiger partial charge is 0.454 e. The Bertz CT molecular complexity index is 426. The molecular formula is C13H16O4. The average Bonchev–Trinajstić information content (AvgIpc) is 2.20. The van der Waals surface area contributed by atoms with Gasteiger partial charge in [-0.15, -0.1) is 0 Å². The summed E-state index contributed by atoms with van der Waals surface area (Å²) in [4.78, 5) is 22.0. The van der Waals surface area contributed by atoms with E-state index in [9.17, 15) is 9.59 Å². The van der Waals surface area contributed by atoms with Crippen LogP contribution in [0.15, 0.2) is 12.1 Å². The summed E-state index contributed by atoms with van der Waals surface area (Å²) in [6.07, 6.45) is 0. The van der Waals surface area contributed by atoms with Gasteiger partial charge in [0, 0.05) is 6.92 Å². The molecule has 0 aliphatic rings. The van der Waals surface area contributed by atoms with E-state index in [-0.39, 0.29) is 6.61 Å². The molecule has 0 amide bonds. The van der Waals surface area contributed by atoms with Gasteiger partial charge in [0.05, 0.1) is 0 Å². The molecule has 0 atom stereocenters. The van der Waals surface area contributed by atoms with Crippen LogP contribution >= 0.6 is 0 Å². The predicted octanol–water partition coefficient (Wildman–Crippen LogP) is 2.08. The first kappa shape index (κ1) is 13.2. The second kappa shape index (κ2) is 5.48. The summed E-state index contributed by atoms with van der Waals surface area (Å²) in [5.41, 5.74) is 2.89. The summed E-state index contributed by atoms with van der Waals surface area (Å²) in [5, 5.41) is 0. The third-order valence-corrected chi connectivity index (χ3v) is 2.21. The van der Waals surface area contributed by atoms with Crippen LogP contribution in [-0.4, -0.2) is 18.5 Å². The predicted molar refractivity (Wildman–Crippen MR) is 62.9 cm³/mol. The summed E-state index contributed by atoms with van der Waals surface area (Å²) in [6.45, 7) is 6.60. The average molecular weight is 236 g/mol. The molecule has 0 spiro atoms. The van der Waals surface area contributed by atoms with Crippen LogP contribution in [0.4, 0.5) is 0 Å². The highest BCUT2D eigenvalue weighted by atomic mass is 16.6. The molecule has 1 aromatic rings. The molecule has 1 rings (SSSR count). The van der Waals surface area contributed by atoms with Crippen LogP contribution in [0.2, 0.25) is 0 Å². The zero-order valence-electron chi connectivity index (χ0n) is 10.5. The van der Waals surface area contributed by atoms with E-state index in [1.165, 1.54) is 6.92 Å². The number of carbonyl (C=O) groups is 2. The Morgan fingerprint density at radius 3 is 2.12 bits per heavy atom. The highest BCUT2D eigenvalue weighted by molar-refractivity contribution is 5.77. The van der Waals surface area contributed by atoms with E-state index in [4.69, 9.17) is 4.74 Å². The minimum Gasteiger partial charge on any atom is -0.454 e. The molecule has 0 aliphatic carbocycles. The molecular weight excluding hydrogens is 220 g/mol. The lowest BCUT2D eigenvalue weighted by molar-refractivity contribution is -0.152. The Hall–Kier alpha value is -1.84. The Morgan fingerprint density at radius 2 is 1.65 bits per heavy atom. The highest BCUT2D eigenvalue weighted by Gasteiger charge is 2.11. The fourth-order valence-electron chi connectivity index (χ4n) is 1.63. The molecule has 0 radical (unpaired) electrons. The van der Waals surface area contributed by atoms with Crippen molar-refractivity contribution in [1.82, 2.24) is 0 Å². The standard InChI is InChI=1S/C13H16O4/c1-8-5-9(2)13(10(3)6-8)17-12(15)7-16-11(4)14/h5-6H,7H2,1-4H3. The maximum Gasteiger partial charge on any atom is 0.349 e. The third kappa shape index (κ3) is 3.90. The first-order valence-electron chi connectivity index (χ1n) is 5.32. The van der Waals surface area contributed by atoms with Crippen molar-refractivity contribution in [2.75, 3.05) is 6.61 Å². The quantitative estimate of drug-likeness (QED) is 0.595. The maximum absolute atomic E-state index is 11.4. The van der Waals surface area contributed by atoms with E-state index in [2.05, 4.69) is 4.74 Å². The molecule has 0 heterocycles. The zero-order valence-corrected chi connectivity index (χ0v) is 10.5. The molecule has 17 heavy (non-hydrogen) atoms. The van der Waals surface area contributed by atoms with Crippen LogP contribution in [0.1, 0.15) is 23.6 Å². The number of hydrogen-bond donors (Lipinski definition) is 0. The molecule has 0 N–H and O–H groups in total. The third-order valence-electron chi connectivity index (χ3n) is 2.21. The van der Waals surface area contributed by atoms with Gasteiger partial charge in [0.25, 0.3) is 0 Å². The molecule has 4 heteroatoms. The summed E-state index contributed by atoms with van der Waals surface area (Å²) in [7, 11) is 0. The van der Waals surface area contributed by atoms with Gasteiger partial charge in [-0.3, -0.25) is 4.79 Å². The van der Waals surface area contributed by atoms with E-state index in [1.54, 1.807) is 0 Å². The van der Waals surface area contributed by atoms with Crippen LogP contribution in [0, 0.1) is 20.8 Å². The van der Waals surface area contributed by atoms with Crippen molar-refractivity contribution in [3.63, 3.8) is 0 Å². The summed E-state index contributed by atoms with van der Waals surface area (Å²) in [6, 6.07) is 3.86. The smallest absolute Gasteiger partial charge is 0.349 e. The van der Waals surface area contributed by atoms with Gasteiger partial charge in [-0.25, -0.2) is 4.79 Å². The van der Waals surface area contributed by atoms with E-state index in [1.807, 2.05) is 32.9 Å². The lowest BCUT2D eigenvalue weighted by Crippen LogP contribution is -2.18. The minimum atomic E-state index is -0.574. The maximum atomic E-state index is 11.4. The number of hydrogen-bond acceptors (Lipinski definition) is 4. The Labute approximate surface area is 101 Å². The monoisotopic (exact) mass is 236 g/mol. The van der Waals surface area contributed by atoms with Crippen LogP contribution < -0.4 is 4.74 Å². The van der Waals surface area contributed by atoms with E-state index in [0.29, 0.717) is 5.75 Å². The zero-order chi connectivity index (χ0) is 13.0. The van der Waals surface area contributed by atoms with Gasteiger partial charge in [-0.1, -0.05) is 17.7 Å². The van der Waals surface area contributed by atoms with Gasteiger partial charge in [0.1, 0.15) is 5.75 Å². The molecule has 4 nitrogen and oxygen atoms in total. The van der Waals surface area contributed by atoms with Crippen LogP contribution in [0.5, 0.6) is 5.75 Å². The first-order chi connectivity index (χ1) is 7.90. The van der Waals surface area contributed by atoms with Crippen molar-refractivity contribution in [3.8, 4) is 5.75 Å². The fourth-order valence-corrected chi connectivity index (χ4v) is 1.63. The molecule has 1 aromatic carbocycles. The van der Waals surface area contributed by atoms with Crippen molar-refractivity contribution in [1.29, 1.82) is 0 Å². The molecule has 0 bridgehead atoms. The summed E-state index contributed by atoms with van der Waals surface area (Å²) in [5.74, 6) is -0.540. The lowest BCUT2D eigenvalue weighted by Gasteiger charge is -2.11. The molecule has 0 saturated carbocycles. The second-order valence-electron chi connectivity index (χ2n) is 3.98. The first-order valence-corrected chi connectivity index (χ1v) is 5.32. The Balaban J connectivity index is 2.75. The number of carbonyl (C=O) groups excluding carboxylic acids is 2. The topological polar surface area (TPSA) is 52.6 Å². The molecule has 0 saturated heterocycles. The molecule has 0 unspecified atom stereocenters. The van der Waals surface area contributed by atoms with Gasteiger partial charge in [-0.05, 0) is 31.9 Å². The van der Waals surface area contributed by atoms with Crippen molar-refractivity contribution in [3.05, 3.63) is 28.8 Å². The van der Waals surface area contributed by atoms with Crippen LogP contribution in [0.3, 0.4) is 0 Å². The normalized spacial score (nSPS) is 9.88. The minimum absolute atomic E-state index is 0.359. The van der Waals surface area contributed by atoms with Gasteiger partial charge in [0.2, 0.25) is 0 Å². The van der Waals surface area contributed by atoms with Crippen LogP contribution in [0.25, 0.3) is 0 Å². The highest BCUT2D eigenvalue weighted by Crippen LogP contribution is 2.24. The number of aryl methyl sites for hydroxylation is 3. The number of rotatable bonds is 3. The molecule has 0 fully saturated rings. The fraction of sp³-hybridized carbons (Fsp3) is 0.385. The number of ether oxygens (including phenoxy) is 2.